The van der Waals surface area contributed by atoms with Gasteiger partial charge in [-0.2, -0.15) is 0 Å². The molecular weight excluding hydrogens is 246 g/mol. The summed E-state index contributed by atoms with van der Waals surface area (Å²) in [5.41, 5.74) is 1.53. The van der Waals surface area contributed by atoms with Crippen LogP contribution in [-0.2, 0) is 0 Å². The van der Waals surface area contributed by atoms with E-state index in [-0.39, 0.29) is 6.10 Å². The van der Waals surface area contributed by atoms with Crippen LogP contribution in [0.15, 0.2) is 29.6 Å². The fourth-order valence-corrected chi connectivity index (χ4v) is 2.31. The molecule has 0 spiro atoms. The summed E-state index contributed by atoms with van der Waals surface area (Å²) in [6.07, 6.45) is -0.509. The van der Waals surface area contributed by atoms with Gasteiger partial charge in [0, 0.05) is 5.38 Å². The number of ether oxygens (including phenoxy) is 1. The first-order valence-electron chi connectivity index (χ1n) is 5.93. The quantitative estimate of drug-likeness (QED) is 0.920. The summed E-state index contributed by atoms with van der Waals surface area (Å²) in [5, 5.41) is 13.0. The van der Waals surface area contributed by atoms with Crippen LogP contribution in [0, 0.1) is 6.92 Å². The number of aliphatic hydroxyl groups excluding tert-OH is 1. The molecular formula is C14H17NO2S. The number of nitrogens with zero attached hydrogens (tertiary/aromatic N) is 1. The van der Waals surface area contributed by atoms with Crippen LogP contribution in [0.25, 0.3) is 0 Å². The van der Waals surface area contributed by atoms with Gasteiger partial charge < -0.3 is 9.84 Å². The maximum atomic E-state index is 10.2. The SMILES string of the molecule is Cc1nc(C(O)c2ccc(OC(C)C)cc2)cs1. The molecule has 0 saturated carbocycles. The highest BCUT2D eigenvalue weighted by atomic mass is 32.1. The normalized spacial score (nSPS) is 12.7. The zero-order valence-corrected chi connectivity index (χ0v) is 11.6. The lowest BCUT2D eigenvalue weighted by Gasteiger charge is -2.12. The molecule has 0 aliphatic carbocycles. The van der Waals surface area contributed by atoms with Crippen LogP contribution < -0.4 is 4.74 Å². The molecule has 96 valence electrons. The number of thiazole rings is 1. The van der Waals surface area contributed by atoms with Gasteiger partial charge >= 0.3 is 0 Å². The van der Waals surface area contributed by atoms with Crippen LogP contribution in [0.3, 0.4) is 0 Å². The van der Waals surface area contributed by atoms with Crippen molar-refractivity contribution in [2.75, 3.05) is 0 Å². The first kappa shape index (κ1) is 13.1. The van der Waals surface area contributed by atoms with Crippen molar-refractivity contribution in [3.63, 3.8) is 0 Å². The average molecular weight is 263 g/mol. The molecule has 0 bridgehead atoms. The summed E-state index contributed by atoms with van der Waals surface area (Å²) in [6.45, 7) is 5.90. The van der Waals surface area contributed by atoms with Gasteiger partial charge in [-0.05, 0) is 38.5 Å². The summed E-state index contributed by atoms with van der Waals surface area (Å²) in [4.78, 5) is 4.30. The van der Waals surface area contributed by atoms with Gasteiger partial charge in [-0.1, -0.05) is 12.1 Å². The molecule has 1 aromatic carbocycles. The van der Waals surface area contributed by atoms with Crippen LogP contribution in [0.2, 0.25) is 0 Å². The lowest BCUT2D eigenvalue weighted by atomic mass is 10.1. The minimum Gasteiger partial charge on any atom is -0.491 e. The van der Waals surface area contributed by atoms with Crippen molar-refractivity contribution in [3.8, 4) is 5.75 Å². The Morgan fingerprint density at radius 2 is 1.89 bits per heavy atom. The Kier molecular flexibility index (Phi) is 3.99. The molecule has 0 aliphatic rings. The van der Waals surface area contributed by atoms with Crippen molar-refractivity contribution in [1.82, 2.24) is 4.98 Å². The third kappa shape index (κ3) is 3.09. The first-order chi connectivity index (χ1) is 8.56. The standard InChI is InChI=1S/C14H17NO2S/c1-9(2)17-12-6-4-11(5-7-12)14(16)13-8-18-10(3)15-13/h4-9,14,16H,1-3H3. The molecule has 1 aromatic heterocycles. The van der Waals surface area contributed by atoms with E-state index >= 15 is 0 Å². The van der Waals surface area contributed by atoms with Crippen molar-refractivity contribution in [1.29, 1.82) is 0 Å². The van der Waals surface area contributed by atoms with Crippen molar-refractivity contribution in [2.24, 2.45) is 0 Å². The average Bonchev–Trinajstić information content (AvgIpc) is 2.75. The third-order valence-corrected chi connectivity index (χ3v) is 3.28. The monoisotopic (exact) mass is 263 g/mol. The van der Waals surface area contributed by atoms with E-state index in [0.29, 0.717) is 5.69 Å². The zero-order valence-electron chi connectivity index (χ0n) is 10.8. The van der Waals surface area contributed by atoms with E-state index in [9.17, 15) is 5.11 Å². The summed E-state index contributed by atoms with van der Waals surface area (Å²) < 4.78 is 5.56. The number of aromatic nitrogens is 1. The lowest BCUT2D eigenvalue weighted by molar-refractivity contribution is 0.215. The van der Waals surface area contributed by atoms with Crippen molar-refractivity contribution >= 4 is 11.3 Å². The predicted molar refractivity (Wildman–Crippen MR) is 73.1 cm³/mol. The van der Waals surface area contributed by atoms with Crippen LogP contribution in [-0.4, -0.2) is 16.2 Å². The highest BCUT2D eigenvalue weighted by molar-refractivity contribution is 7.09. The smallest absolute Gasteiger partial charge is 0.122 e. The van der Waals surface area contributed by atoms with Crippen molar-refractivity contribution < 1.29 is 9.84 Å². The van der Waals surface area contributed by atoms with Crippen LogP contribution in [0.5, 0.6) is 5.75 Å². The topological polar surface area (TPSA) is 42.4 Å². The molecule has 1 heterocycles. The van der Waals surface area contributed by atoms with Gasteiger partial charge in [0.15, 0.2) is 0 Å². The molecule has 0 saturated heterocycles. The molecule has 0 radical (unpaired) electrons. The largest absolute Gasteiger partial charge is 0.491 e. The fraction of sp³-hybridized carbons (Fsp3) is 0.357. The Labute approximate surface area is 111 Å². The molecule has 1 unspecified atom stereocenters. The maximum Gasteiger partial charge on any atom is 0.122 e. The van der Waals surface area contributed by atoms with E-state index in [0.717, 1.165) is 16.3 Å². The highest BCUT2D eigenvalue weighted by Gasteiger charge is 2.13. The molecule has 0 aliphatic heterocycles. The molecule has 0 amide bonds. The van der Waals surface area contributed by atoms with Gasteiger partial charge in [0.05, 0.1) is 16.8 Å². The predicted octanol–water partition coefficient (Wildman–Crippen LogP) is 3.32. The second-order valence-electron chi connectivity index (χ2n) is 4.43. The molecule has 18 heavy (non-hydrogen) atoms. The molecule has 3 nitrogen and oxygen atoms in total. The Balaban J connectivity index is 2.14. The minimum absolute atomic E-state index is 0.155. The number of hydrogen-bond acceptors (Lipinski definition) is 4. The number of aryl methyl sites for hydroxylation is 1. The third-order valence-electron chi connectivity index (χ3n) is 2.48. The molecule has 2 aromatic rings. The Morgan fingerprint density at radius 3 is 2.39 bits per heavy atom. The summed E-state index contributed by atoms with van der Waals surface area (Å²) >= 11 is 1.54. The molecule has 4 heteroatoms. The lowest BCUT2D eigenvalue weighted by Crippen LogP contribution is -2.06. The van der Waals surface area contributed by atoms with Gasteiger partial charge in [0.2, 0.25) is 0 Å². The molecule has 0 fully saturated rings. The second-order valence-corrected chi connectivity index (χ2v) is 5.49. The molecule has 1 atom stereocenters. The van der Waals surface area contributed by atoms with Gasteiger partial charge in [-0.25, -0.2) is 4.98 Å². The number of hydrogen-bond donors (Lipinski definition) is 1. The van der Waals surface area contributed by atoms with E-state index in [1.165, 1.54) is 0 Å². The number of aliphatic hydroxyl groups is 1. The first-order valence-corrected chi connectivity index (χ1v) is 6.81. The molecule has 2 rings (SSSR count). The van der Waals surface area contributed by atoms with Crippen LogP contribution in [0.1, 0.15) is 36.2 Å². The van der Waals surface area contributed by atoms with E-state index < -0.39 is 6.10 Å². The summed E-state index contributed by atoms with van der Waals surface area (Å²) in [5.74, 6) is 0.815. The Bertz CT molecular complexity index is 505. The van der Waals surface area contributed by atoms with Gasteiger partial charge in [0.25, 0.3) is 0 Å². The number of benzene rings is 1. The van der Waals surface area contributed by atoms with E-state index in [4.69, 9.17) is 4.74 Å². The van der Waals surface area contributed by atoms with E-state index in [1.807, 2.05) is 50.4 Å². The van der Waals surface area contributed by atoms with Crippen LogP contribution in [0.4, 0.5) is 0 Å². The van der Waals surface area contributed by atoms with Gasteiger partial charge in [-0.3, -0.25) is 0 Å². The van der Waals surface area contributed by atoms with Crippen molar-refractivity contribution in [2.45, 2.75) is 33.0 Å². The van der Waals surface area contributed by atoms with Crippen LogP contribution >= 0.6 is 11.3 Å². The van der Waals surface area contributed by atoms with E-state index in [1.54, 1.807) is 11.3 Å². The zero-order chi connectivity index (χ0) is 13.1. The minimum atomic E-state index is -0.664. The highest BCUT2D eigenvalue weighted by Crippen LogP contribution is 2.25. The summed E-state index contributed by atoms with van der Waals surface area (Å²) in [7, 11) is 0. The second kappa shape index (κ2) is 5.50. The maximum absolute atomic E-state index is 10.2. The van der Waals surface area contributed by atoms with Gasteiger partial charge in [0.1, 0.15) is 11.9 Å². The molecule has 1 N–H and O–H groups in total. The van der Waals surface area contributed by atoms with E-state index in [2.05, 4.69) is 4.98 Å². The van der Waals surface area contributed by atoms with Crippen molar-refractivity contribution in [3.05, 3.63) is 45.9 Å². The summed E-state index contributed by atoms with van der Waals surface area (Å²) in [6, 6.07) is 7.49. The van der Waals surface area contributed by atoms with Gasteiger partial charge in [-0.15, -0.1) is 11.3 Å². The fourth-order valence-electron chi connectivity index (χ4n) is 1.68. The Hall–Kier alpha value is -1.39. The Morgan fingerprint density at radius 1 is 1.22 bits per heavy atom. The number of rotatable bonds is 4.